The van der Waals surface area contributed by atoms with Crippen LogP contribution in [0.1, 0.15) is 30.6 Å². The third-order valence-electron chi connectivity index (χ3n) is 2.72. The van der Waals surface area contributed by atoms with Gasteiger partial charge in [-0.05, 0) is 22.4 Å². The van der Waals surface area contributed by atoms with Gasteiger partial charge in [-0.15, -0.1) is 0 Å². The minimum Gasteiger partial charge on any atom is -0.384 e. The Morgan fingerprint density at radius 1 is 1.56 bits per heavy atom. The van der Waals surface area contributed by atoms with Crippen molar-refractivity contribution in [1.29, 1.82) is 0 Å². The summed E-state index contributed by atoms with van der Waals surface area (Å²) in [5.74, 6) is 6.14. The van der Waals surface area contributed by atoms with Crippen LogP contribution in [-0.2, 0) is 6.54 Å². The van der Waals surface area contributed by atoms with Crippen LogP contribution < -0.4 is 17.0 Å². The number of anilines is 1. The normalized spacial score (nSPS) is 12.8. The molecule has 18 heavy (non-hydrogen) atoms. The fraction of sp³-hybridized carbons (Fsp3) is 0.400. The Morgan fingerprint density at radius 3 is 2.89 bits per heavy atom. The number of hydrogen-bond acceptors (Lipinski definition) is 5. The second-order valence-electron chi connectivity index (χ2n) is 3.94. The molecule has 0 aliphatic heterocycles. The maximum absolute atomic E-state index is 5.84. The molecule has 2 aromatic rings. The minimum atomic E-state index is -0.257. The Kier molecular flexibility index (Phi) is 4.00. The summed E-state index contributed by atoms with van der Waals surface area (Å²) < 4.78 is 2.79. The Balaban J connectivity index is 2.45. The average Bonchev–Trinajstić information content (AvgIpc) is 2.91. The number of nitrogens with two attached hydrogens (primary N) is 2. The number of halogens is 1. The van der Waals surface area contributed by atoms with E-state index in [4.69, 9.17) is 11.6 Å². The minimum absolute atomic E-state index is 0.257. The van der Waals surface area contributed by atoms with Gasteiger partial charge < -0.3 is 5.73 Å². The molecule has 2 rings (SSSR count). The monoisotopic (exact) mass is 313 g/mol. The molecule has 2 aromatic heterocycles. The quantitative estimate of drug-likeness (QED) is 0.484. The summed E-state index contributed by atoms with van der Waals surface area (Å²) in [6, 6.07) is -0.257. The molecule has 0 bridgehead atoms. The first-order chi connectivity index (χ1) is 8.69. The van der Waals surface area contributed by atoms with Gasteiger partial charge in [-0.3, -0.25) is 15.6 Å². The Bertz CT molecular complexity index is 518. The second-order valence-corrected chi connectivity index (χ2v) is 4.79. The summed E-state index contributed by atoms with van der Waals surface area (Å²) in [6.07, 6.45) is 4.40. The van der Waals surface area contributed by atoms with E-state index >= 15 is 0 Å². The predicted octanol–water partition coefficient (Wildman–Crippen LogP) is 0.914. The number of aromatic nitrogens is 4. The van der Waals surface area contributed by atoms with Crippen molar-refractivity contribution in [2.45, 2.75) is 25.9 Å². The summed E-state index contributed by atoms with van der Waals surface area (Å²) in [5.41, 5.74) is 10.3. The summed E-state index contributed by atoms with van der Waals surface area (Å²) in [6.45, 7) is 2.91. The van der Waals surface area contributed by atoms with Crippen LogP contribution in [0.15, 0.2) is 16.9 Å². The molecule has 0 aliphatic carbocycles. The second kappa shape index (κ2) is 5.51. The summed E-state index contributed by atoms with van der Waals surface area (Å²) in [7, 11) is 0. The molecular formula is C10H16BrN7. The standard InChI is InChI=1S/C10H16BrN7/c1-2-3-18-9(7(11)5-15-18)8(16-13)6-4-14-17-10(6)12/h4-5,8,16H,2-3,13H2,1H3,(H3,12,14,17). The van der Waals surface area contributed by atoms with Crippen LogP contribution in [-0.4, -0.2) is 20.0 Å². The number of aromatic amines is 1. The molecule has 0 radical (unpaired) electrons. The van der Waals surface area contributed by atoms with Gasteiger partial charge in [0.2, 0.25) is 0 Å². The van der Waals surface area contributed by atoms with Gasteiger partial charge in [-0.2, -0.15) is 10.2 Å². The molecule has 0 saturated heterocycles. The number of nitrogens with zero attached hydrogens (tertiary/aromatic N) is 3. The van der Waals surface area contributed by atoms with E-state index in [1.807, 2.05) is 4.68 Å². The average molecular weight is 314 g/mol. The number of nitrogen functional groups attached to an aromatic ring is 1. The van der Waals surface area contributed by atoms with Crippen molar-refractivity contribution in [3.05, 3.63) is 28.1 Å². The lowest BCUT2D eigenvalue weighted by Gasteiger charge is -2.17. The lowest BCUT2D eigenvalue weighted by atomic mass is 10.1. The van der Waals surface area contributed by atoms with E-state index in [1.54, 1.807) is 12.4 Å². The molecule has 98 valence electrons. The van der Waals surface area contributed by atoms with E-state index < -0.39 is 0 Å². The zero-order valence-corrected chi connectivity index (χ0v) is 11.6. The van der Waals surface area contributed by atoms with Crippen molar-refractivity contribution in [3.8, 4) is 0 Å². The Labute approximate surface area is 113 Å². The van der Waals surface area contributed by atoms with Crippen LogP contribution in [0.3, 0.4) is 0 Å². The molecule has 1 unspecified atom stereocenters. The van der Waals surface area contributed by atoms with Crippen LogP contribution in [0.5, 0.6) is 0 Å². The molecule has 0 saturated carbocycles. The number of aryl methyl sites for hydroxylation is 1. The van der Waals surface area contributed by atoms with Crippen molar-refractivity contribution < 1.29 is 0 Å². The lowest BCUT2D eigenvalue weighted by molar-refractivity contribution is 0.520. The van der Waals surface area contributed by atoms with Gasteiger partial charge in [-0.1, -0.05) is 6.92 Å². The van der Waals surface area contributed by atoms with Gasteiger partial charge in [0.25, 0.3) is 0 Å². The van der Waals surface area contributed by atoms with Crippen molar-refractivity contribution in [3.63, 3.8) is 0 Å². The number of rotatable bonds is 5. The van der Waals surface area contributed by atoms with Crippen LogP contribution >= 0.6 is 15.9 Å². The molecule has 7 nitrogen and oxygen atoms in total. The van der Waals surface area contributed by atoms with E-state index in [-0.39, 0.29) is 6.04 Å². The van der Waals surface area contributed by atoms with Gasteiger partial charge in [0, 0.05) is 12.1 Å². The molecule has 0 amide bonds. The highest BCUT2D eigenvalue weighted by atomic mass is 79.9. The number of nitrogens with one attached hydrogen (secondary N) is 2. The fourth-order valence-corrected chi connectivity index (χ4v) is 2.43. The number of hydrazine groups is 1. The third kappa shape index (κ3) is 2.26. The summed E-state index contributed by atoms with van der Waals surface area (Å²) in [4.78, 5) is 0. The van der Waals surface area contributed by atoms with Crippen molar-refractivity contribution >= 4 is 21.7 Å². The molecule has 0 aromatic carbocycles. The van der Waals surface area contributed by atoms with E-state index in [1.165, 1.54) is 0 Å². The molecule has 8 heteroatoms. The number of H-pyrrole nitrogens is 1. The van der Waals surface area contributed by atoms with Crippen LogP contribution in [0.4, 0.5) is 5.82 Å². The van der Waals surface area contributed by atoms with Crippen molar-refractivity contribution in [2.24, 2.45) is 5.84 Å². The molecule has 1 atom stereocenters. The van der Waals surface area contributed by atoms with E-state index in [0.29, 0.717) is 5.82 Å². The Morgan fingerprint density at radius 2 is 2.33 bits per heavy atom. The molecular weight excluding hydrogens is 298 g/mol. The first-order valence-corrected chi connectivity index (χ1v) is 6.44. The van der Waals surface area contributed by atoms with Crippen LogP contribution in [0.25, 0.3) is 0 Å². The number of hydrogen-bond donors (Lipinski definition) is 4. The molecule has 6 N–H and O–H groups in total. The fourth-order valence-electron chi connectivity index (χ4n) is 1.90. The summed E-state index contributed by atoms with van der Waals surface area (Å²) in [5, 5.41) is 10.9. The highest BCUT2D eigenvalue weighted by Crippen LogP contribution is 2.30. The smallest absolute Gasteiger partial charge is 0.124 e. The first kappa shape index (κ1) is 13.1. The third-order valence-corrected chi connectivity index (χ3v) is 3.33. The van der Waals surface area contributed by atoms with E-state index in [9.17, 15) is 0 Å². The molecule has 0 spiro atoms. The van der Waals surface area contributed by atoms with Gasteiger partial charge in [0.1, 0.15) is 5.82 Å². The Hall–Kier alpha value is -1.38. The zero-order valence-electron chi connectivity index (χ0n) is 10.0. The molecule has 0 fully saturated rings. The van der Waals surface area contributed by atoms with Crippen molar-refractivity contribution in [2.75, 3.05) is 5.73 Å². The maximum Gasteiger partial charge on any atom is 0.124 e. The van der Waals surface area contributed by atoms with Gasteiger partial charge >= 0.3 is 0 Å². The summed E-state index contributed by atoms with van der Waals surface area (Å²) >= 11 is 3.49. The van der Waals surface area contributed by atoms with Crippen LogP contribution in [0, 0.1) is 0 Å². The van der Waals surface area contributed by atoms with Gasteiger partial charge in [0.15, 0.2) is 0 Å². The zero-order chi connectivity index (χ0) is 13.1. The maximum atomic E-state index is 5.84. The van der Waals surface area contributed by atoms with Gasteiger partial charge in [0.05, 0.1) is 28.6 Å². The lowest BCUT2D eigenvalue weighted by Crippen LogP contribution is -2.31. The highest BCUT2D eigenvalue weighted by molar-refractivity contribution is 9.10. The predicted molar refractivity (Wildman–Crippen MR) is 72.4 cm³/mol. The first-order valence-electron chi connectivity index (χ1n) is 5.65. The van der Waals surface area contributed by atoms with E-state index in [2.05, 4.69) is 43.6 Å². The van der Waals surface area contributed by atoms with Crippen molar-refractivity contribution in [1.82, 2.24) is 25.4 Å². The van der Waals surface area contributed by atoms with E-state index in [0.717, 1.165) is 28.7 Å². The molecule has 0 aliphatic rings. The van der Waals surface area contributed by atoms with Gasteiger partial charge in [-0.25, -0.2) is 5.43 Å². The topological polar surface area (TPSA) is 111 Å². The highest BCUT2D eigenvalue weighted by Gasteiger charge is 2.23. The molecule has 2 heterocycles. The SMILES string of the molecule is CCCn1ncc(Br)c1C(NN)c1cn[nH]c1N. The van der Waals surface area contributed by atoms with Crippen LogP contribution in [0.2, 0.25) is 0 Å². The largest absolute Gasteiger partial charge is 0.384 e.